The molecule has 0 spiro atoms. The van der Waals surface area contributed by atoms with E-state index in [1.54, 1.807) is 20.8 Å². The van der Waals surface area contributed by atoms with E-state index < -0.39 is 38.1 Å². The summed E-state index contributed by atoms with van der Waals surface area (Å²) in [6.45, 7) is 12.1. The summed E-state index contributed by atoms with van der Waals surface area (Å²) in [5.74, 6) is -1.11. The number of rotatable bonds is 6. The quantitative estimate of drug-likeness (QED) is 0.611. The van der Waals surface area contributed by atoms with Crippen LogP contribution in [0.5, 0.6) is 0 Å². The smallest absolute Gasteiger partial charge is 0.410 e. The standard InChI is InChI=1S/C27H37NO6Si/c1-26(2,3)34-25(31)28-17-23(24(29)30)32-18-20(28)19-33-35(27(4,5)6,21-13-9-7-10-14-21)22-15-11-8-12-16-22/h7-16,20,23H,17-19H2,1-6H3,(H,29,30)/q-1/t20-,23-/m0/s1. The maximum Gasteiger partial charge on any atom is 0.410 e. The first-order chi connectivity index (χ1) is 16.3. The molecule has 8 heteroatoms. The van der Waals surface area contributed by atoms with Crippen molar-refractivity contribution in [1.82, 2.24) is 4.90 Å². The summed E-state index contributed by atoms with van der Waals surface area (Å²) < 4.78 is 18.2. The molecule has 0 aliphatic carbocycles. The van der Waals surface area contributed by atoms with Crippen LogP contribution >= 0.6 is 0 Å². The minimum absolute atomic E-state index is 0.0500. The molecule has 1 N–H and O–H groups in total. The molecule has 0 unspecified atom stereocenters. The first-order valence-corrected chi connectivity index (χ1v) is 13.8. The van der Waals surface area contributed by atoms with Gasteiger partial charge < -0.3 is 19.0 Å². The molecule has 1 saturated heterocycles. The second-order valence-electron chi connectivity index (χ2n) is 10.9. The summed E-state index contributed by atoms with van der Waals surface area (Å²) >= 11 is 0. The third kappa shape index (κ3) is 6.12. The summed E-state index contributed by atoms with van der Waals surface area (Å²) in [5.41, 5.74) is -0.711. The van der Waals surface area contributed by atoms with Crippen LogP contribution in [0.25, 0.3) is 0 Å². The number of amides is 1. The number of morpholine rings is 1. The fraction of sp³-hybridized carbons (Fsp3) is 0.481. The van der Waals surface area contributed by atoms with Gasteiger partial charge in [0.15, 0.2) is 6.10 Å². The molecule has 2 aromatic carbocycles. The molecule has 1 aliphatic heterocycles. The fourth-order valence-corrected chi connectivity index (χ4v) is 9.11. The molecule has 3 rings (SSSR count). The minimum atomic E-state index is -2.83. The molecule has 0 aromatic heterocycles. The Morgan fingerprint density at radius 3 is 1.91 bits per heavy atom. The van der Waals surface area contributed by atoms with Crippen molar-refractivity contribution in [3.05, 3.63) is 60.7 Å². The SMILES string of the molecule is CC(C)(C)OC(=O)N1C[C@@H](C(=O)O)OC[C@H]1CO[Si-](c1ccccc1)(c1ccccc1)C(C)(C)C. The normalized spacial score (nSPS) is 19.3. The van der Waals surface area contributed by atoms with Gasteiger partial charge >= 0.3 is 12.1 Å². The average molecular weight is 500 g/mol. The molecule has 35 heavy (non-hydrogen) atoms. The Morgan fingerprint density at radius 1 is 0.971 bits per heavy atom. The molecule has 2 aromatic rings. The maximum absolute atomic E-state index is 13.1. The van der Waals surface area contributed by atoms with Crippen molar-refractivity contribution >= 4 is 30.8 Å². The third-order valence-electron chi connectivity index (χ3n) is 6.11. The molecular weight excluding hydrogens is 462 g/mol. The fourth-order valence-electron chi connectivity index (χ4n) is 4.51. The van der Waals surface area contributed by atoms with E-state index in [-0.39, 0.29) is 24.8 Å². The van der Waals surface area contributed by atoms with Crippen molar-refractivity contribution in [3.63, 3.8) is 0 Å². The molecule has 191 valence electrons. The van der Waals surface area contributed by atoms with Crippen LogP contribution in [-0.2, 0) is 18.7 Å². The van der Waals surface area contributed by atoms with E-state index in [2.05, 4.69) is 45.0 Å². The monoisotopic (exact) mass is 499 g/mol. The van der Waals surface area contributed by atoms with Crippen LogP contribution in [-0.4, -0.2) is 67.9 Å². The first-order valence-electron chi connectivity index (χ1n) is 11.9. The number of ether oxygens (including phenoxy) is 2. The lowest BCUT2D eigenvalue weighted by atomic mass is 10.2. The highest BCUT2D eigenvalue weighted by Gasteiger charge is 2.41. The Bertz CT molecular complexity index is 960. The van der Waals surface area contributed by atoms with Crippen LogP contribution in [0.2, 0.25) is 5.04 Å². The largest absolute Gasteiger partial charge is 0.556 e. The highest BCUT2D eigenvalue weighted by molar-refractivity contribution is 6.99. The molecular formula is C27H37NO6Si-. The van der Waals surface area contributed by atoms with Crippen LogP contribution in [0.4, 0.5) is 4.79 Å². The zero-order chi connectivity index (χ0) is 25.9. The number of hydrogen-bond acceptors (Lipinski definition) is 5. The number of hydrogen-bond donors (Lipinski definition) is 1. The lowest BCUT2D eigenvalue weighted by Gasteiger charge is -2.56. The van der Waals surface area contributed by atoms with E-state index in [0.717, 1.165) is 10.4 Å². The van der Waals surface area contributed by atoms with Crippen molar-refractivity contribution in [1.29, 1.82) is 0 Å². The molecule has 1 heterocycles. The highest BCUT2D eigenvalue weighted by atomic mass is 28.4. The lowest BCUT2D eigenvalue weighted by molar-refractivity contribution is -0.159. The van der Waals surface area contributed by atoms with Gasteiger partial charge in [-0.2, -0.15) is 10.4 Å². The number of carboxylic acid groups (broad SMARTS) is 1. The van der Waals surface area contributed by atoms with Gasteiger partial charge in [0.25, 0.3) is 0 Å². The van der Waals surface area contributed by atoms with Gasteiger partial charge in [-0.05, 0) is 20.8 Å². The summed E-state index contributed by atoms with van der Waals surface area (Å²) in [7, 11) is -2.83. The van der Waals surface area contributed by atoms with Crippen molar-refractivity contribution in [2.24, 2.45) is 0 Å². The number of nitrogens with zero attached hydrogens (tertiary/aromatic N) is 1. The van der Waals surface area contributed by atoms with E-state index in [0.29, 0.717) is 0 Å². The van der Waals surface area contributed by atoms with Crippen LogP contribution in [0.15, 0.2) is 60.7 Å². The molecule has 1 aliphatic rings. The topological polar surface area (TPSA) is 85.3 Å². The Labute approximate surface area is 209 Å². The van der Waals surface area contributed by atoms with E-state index in [9.17, 15) is 14.7 Å². The predicted molar refractivity (Wildman–Crippen MR) is 138 cm³/mol. The summed E-state index contributed by atoms with van der Waals surface area (Å²) in [4.78, 5) is 26.1. The van der Waals surface area contributed by atoms with E-state index >= 15 is 0 Å². The lowest BCUT2D eigenvalue weighted by Crippen LogP contribution is -2.68. The molecule has 2 atom stereocenters. The van der Waals surface area contributed by atoms with Gasteiger partial charge in [-0.25, -0.2) is 9.59 Å². The van der Waals surface area contributed by atoms with Crippen molar-refractivity contribution in [2.75, 3.05) is 19.8 Å². The first kappa shape index (κ1) is 26.9. The minimum Gasteiger partial charge on any atom is -0.556 e. The van der Waals surface area contributed by atoms with Crippen LogP contribution in [0.1, 0.15) is 41.5 Å². The summed E-state index contributed by atoms with van der Waals surface area (Å²) in [6, 6.07) is 20.0. The van der Waals surface area contributed by atoms with Gasteiger partial charge in [0, 0.05) is 6.61 Å². The summed E-state index contributed by atoms with van der Waals surface area (Å²) in [6.07, 6.45) is -1.67. The van der Waals surface area contributed by atoms with Gasteiger partial charge in [-0.15, -0.1) is 5.04 Å². The number of carbonyl (C=O) groups is 2. The molecule has 1 fully saturated rings. The Morgan fingerprint density at radius 2 is 1.49 bits per heavy atom. The molecule has 0 saturated carbocycles. The highest BCUT2D eigenvalue weighted by Crippen LogP contribution is 2.37. The Balaban J connectivity index is 1.98. The van der Waals surface area contributed by atoms with E-state index in [4.69, 9.17) is 13.9 Å². The molecule has 7 nitrogen and oxygen atoms in total. The van der Waals surface area contributed by atoms with Gasteiger partial charge in [0.2, 0.25) is 0 Å². The molecule has 1 amide bonds. The van der Waals surface area contributed by atoms with Crippen LogP contribution < -0.4 is 10.4 Å². The average Bonchev–Trinajstić information content (AvgIpc) is 2.79. The number of carboxylic acids is 1. The van der Waals surface area contributed by atoms with Crippen LogP contribution in [0, 0.1) is 0 Å². The Kier molecular flexibility index (Phi) is 8.09. The van der Waals surface area contributed by atoms with E-state index in [1.807, 2.05) is 36.4 Å². The Hall–Kier alpha value is -2.68. The zero-order valence-electron chi connectivity index (χ0n) is 21.5. The molecule has 0 bridgehead atoms. The molecule has 0 radical (unpaired) electrons. The van der Waals surface area contributed by atoms with Gasteiger partial charge in [0.05, 0.1) is 27.5 Å². The third-order valence-corrected chi connectivity index (χ3v) is 11.1. The predicted octanol–water partition coefficient (Wildman–Crippen LogP) is 3.65. The zero-order valence-corrected chi connectivity index (χ0v) is 22.5. The van der Waals surface area contributed by atoms with Crippen molar-refractivity contribution < 1.29 is 28.6 Å². The second-order valence-corrected chi connectivity index (χ2v) is 15.2. The van der Waals surface area contributed by atoms with E-state index in [1.165, 1.54) is 4.90 Å². The van der Waals surface area contributed by atoms with Gasteiger partial charge in [-0.3, -0.25) is 4.90 Å². The second kappa shape index (κ2) is 10.5. The number of carbonyl (C=O) groups excluding carboxylic acids is 1. The summed E-state index contributed by atoms with van der Waals surface area (Å²) in [5, 5.41) is 11.5. The number of benzene rings is 2. The van der Waals surface area contributed by atoms with Crippen molar-refractivity contribution in [2.45, 2.75) is 64.3 Å². The van der Waals surface area contributed by atoms with Crippen molar-refractivity contribution in [3.8, 4) is 0 Å². The number of aliphatic carboxylic acids is 1. The maximum atomic E-state index is 13.1. The van der Waals surface area contributed by atoms with Gasteiger partial charge in [-0.1, -0.05) is 81.4 Å². The van der Waals surface area contributed by atoms with Crippen LogP contribution in [0.3, 0.4) is 0 Å². The van der Waals surface area contributed by atoms with Gasteiger partial charge in [0.1, 0.15) is 5.60 Å².